The van der Waals surface area contributed by atoms with E-state index in [0.717, 1.165) is 21.0 Å². The highest BCUT2D eigenvalue weighted by Crippen LogP contribution is 2.36. The third-order valence-electron chi connectivity index (χ3n) is 4.77. The minimum absolute atomic E-state index is 0.00122. The van der Waals surface area contributed by atoms with Crippen molar-refractivity contribution >= 4 is 115 Å². The Bertz CT molecular complexity index is 1160. The van der Waals surface area contributed by atoms with E-state index in [2.05, 4.69) is 20.7 Å². The first-order chi connectivity index (χ1) is 19.6. The number of amides is 3. The molecule has 15 nitrogen and oxygen atoms in total. The van der Waals surface area contributed by atoms with Crippen LogP contribution < -0.4 is 16.0 Å². The van der Waals surface area contributed by atoms with Crippen molar-refractivity contribution in [1.82, 2.24) is 10.6 Å². The minimum Gasteiger partial charge on any atom is -0.462 e. The molecule has 42 heavy (non-hydrogen) atoms. The van der Waals surface area contributed by atoms with Crippen LogP contribution in [-0.4, -0.2) is 87.4 Å². The highest BCUT2D eigenvalue weighted by atomic mass is 127. The molecular formula is C24H28I3N3O12. The summed E-state index contributed by atoms with van der Waals surface area (Å²) in [5.74, 6) is -3.95. The number of carbonyl (C=O) groups is 7. The Morgan fingerprint density at radius 1 is 0.643 bits per heavy atom. The fourth-order valence-corrected chi connectivity index (χ4v) is 7.49. The van der Waals surface area contributed by atoms with E-state index in [1.54, 1.807) is 22.6 Å². The van der Waals surface area contributed by atoms with Crippen molar-refractivity contribution in [1.29, 1.82) is 0 Å². The van der Waals surface area contributed by atoms with Gasteiger partial charge in [0, 0.05) is 31.3 Å². The molecule has 0 saturated heterocycles. The zero-order valence-corrected chi connectivity index (χ0v) is 29.5. The first-order valence-corrected chi connectivity index (χ1v) is 15.0. The van der Waals surface area contributed by atoms with Crippen molar-refractivity contribution in [2.24, 2.45) is 0 Å². The van der Waals surface area contributed by atoms with Crippen molar-refractivity contribution in [3.8, 4) is 0 Å². The normalized spacial score (nSPS) is 11.7. The van der Waals surface area contributed by atoms with Crippen LogP contribution in [0.2, 0.25) is 0 Å². The van der Waals surface area contributed by atoms with Gasteiger partial charge < -0.3 is 34.3 Å². The Morgan fingerprint density at radius 2 is 1.02 bits per heavy atom. The summed E-state index contributed by atoms with van der Waals surface area (Å²) in [4.78, 5) is 84.2. The molecule has 0 spiro atoms. The molecule has 0 bridgehead atoms. The summed E-state index contributed by atoms with van der Waals surface area (Å²) < 4.78 is 25.4. The second-order valence-corrected chi connectivity index (χ2v) is 11.4. The number of hydrogen-bond donors (Lipinski definition) is 3. The zero-order chi connectivity index (χ0) is 32.1. The van der Waals surface area contributed by atoms with Gasteiger partial charge in [-0.15, -0.1) is 0 Å². The smallest absolute Gasteiger partial charge is 0.411 e. The molecule has 0 heterocycles. The van der Waals surface area contributed by atoms with E-state index in [9.17, 15) is 33.6 Å². The molecule has 3 amide bonds. The van der Waals surface area contributed by atoms with Gasteiger partial charge in [0.05, 0.1) is 44.2 Å². The Balaban J connectivity index is 3.44. The molecular weight excluding hydrogens is 903 g/mol. The van der Waals surface area contributed by atoms with Crippen LogP contribution in [0.5, 0.6) is 0 Å². The molecule has 0 saturated carbocycles. The van der Waals surface area contributed by atoms with E-state index in [1.165, 1.54) is 13.8 Å². The lowest BCUT2D eigenvalue weighted by Crippen LogP contribution is -2.40. The highest BCUT2D eigenvalue weighted by molar-refractivity contribution is 14.1. The van der Waals surface area contributed by atoms with Gasteiger partial charge in [0.2, 0.25) is 0 Å². The minimum atomic E-state index is -1.000. The van der Waals surface area contributed by atoms with Gasteiger partial charge in [-0.1, -0.05) is 0 Å². The van der Waals surface area contributed by atoms with Crippen LogP contribution in [0, 0.1) is 10.7 Å². The van der Waals surface area contributed by atoms with E-state index in [1.807, 2.05) is 45.2 Å². The number of ether oxygens (including phenoxy) is 5. The van der Waals surface area contributed by atoms with Crippen LogP contribution in [-0.2, 0) is 42.9 Å². The topological polar surface area (TPSA) is 202 Å². The van der Waals surface area contributed by atoms with Gasteiger partial charge in [0.1, 0.15) is 13.2 Å². The van der Waals surface area contributed by atoms with Crippen molar-refractivity contribution in [2.75, 3.05) is 38.7 Å². The molecule has 1 aromatic carbocycles. The lowest BCUT2D eigenvalue weighted by atomic mass is 10.1. The van der Waals surface area contributed by atoms with Crippen LogP contribution in [0.25, 0.3) is 0 Å². The monoisotopic (exact) mass is 931 g/mol. The van der Waals surface area contributed by atoms with Gasteiger partial charge in [0.15, 0.2) is 12.2 Å². The molecule has 1 aromatic rings. The molecule has 18 heteroatoms. The predicted octanol–water partition coefficient (Wildman–Crippen LogP) is 2.13. The molecule has 2 unspecified atom stereocenters. The number of anilines is 1. The maximum absolute atomic E-state index is 13.4. The summed E-state index contributed by atoms with van der Waals surface area (Å²) >= 11 is 5.46. The number of benzene rings is 1. The number of methoxy groups -OCH3 is 1. The first kappa shape index (κ1) is 37.5. The fourth-order valence-electron chi connectivity index (χ4n) is 3.07. The number of carbonyl (C=O) groups excluding carboxylic acids is 7. The van der Waals surface area contributed by atoms with E-state index < -0.39 is 54.0 Å². The molecule has 0 aliphatic rings. The summed E-state index contributed by atoms with van der Waals surface area (Å²) in [6, 6.07) is 0. The first-order valence-electron chi connectivity index (χ1n) is 11.8. The van der Waals surface area contributed by atoms with Crippen molar-refractivity contribution in [3.63, 3.8) is 0 Å². The SMILES string of the molecule is COC(=O)Nc1c(I)c(C(=O)NCC(COC(C)=O)OC(C)=O)c(I)c(C(=O)NCC(COC(C)=O)OC(C)=O)c1I. The van der Waals surface area contributed by atoms with Gasteiger partial charge in [-0.2, -0.15) is 0 Å². The summed E-state index contributed by atoms with van der Waals surface area (Å²) in [6.07, 6.45) is -2.86. The van der Waals surface area contributed by atoms with Gasteiger partial charge in [-0.25, -0.2) is 4.79 Å². The van der Waals surface area contributed by atoms with Gasteiger partial charge >= 0.3 is 30.0 Å². The molecule has 0 aliphatic heterocycles. The molecule has 2 atom stereocenters. The lowest BCUT2D eigenvalue weighted by molar-refractivity contribution is -0.155. The van der Waals surface area contributed by atoms with Crippen molar-refractivity contribution < 1.29 is 57.2 Å². The molecule has 0 aromatic heterocycles. The molecule has 3 N–H and O–H groups in total. The Labute approximate surface area is 281 Å². The third kappa shape index (κ3) is 12.4. The number of nitrogens with one attached hydrogen (secondary N) is 3. The molecule has 0 aliphatic carbocycles. The van der Waals surface area contributed by atoms with Crippen LogP contribution in [0.4, 0.5) is 10.5 Å². The number of rotatable bonds is 13. The molecule has 232 valence electrons. The standard InChI is InChI=1S/C24H28I3N3O12/c1-10(31)39-8-14(41-12(3)33)6-28-22(35)16-18(25)17(20(27)21(19(16)26)30-24(37)38-5)23(36)29-7-15(42-13(4)34)9-40-11(2)32/h14-15H,6-9H2,1-5H3,(H,28,35)(H,29,36)(H,30,37). The zero-order valence-electron chi connectivity index (χ0n) is 23.0. The quantitative estimate of drug-likeness (QED) is 0.148. The third-order valence-corrected chi connectivity index (χ3v) is 8.01. The Kier molecular flexibility index (Phi) is 16.3. The van der Waals surface area contributed by atoms with Crippen LogP contribution >= 0.6 is 67.8 Å². The van der Waals surface area contributed by atoms with Crippen LogP contribution in [0.3, 0.4) is 0 Å². The summed E-state index contributed by atoms with van der Waals surface area (Å²) in [6.45, 7) is 3.55. The Morgan fingerprint density at radius 3 is 1.33 bits per heavy atom. The van der Waals surface area contributed by atoms with Crippen molar-refractivity contribution in [2.45, 2.75) is 39.9 Å². The van der Waals surface area contributed by atoms with Crippen molar-refractivity contribution in [3.05, 3.63) is 21.8 Å². The number of esters is 4. The van der Waals surface area contributed by atoms with Crippen LogP contribution in [0.1, 0.15) is 48.4 Å². The number of halogens is 3. The highest BCUT2D eigenvalue weighted by Gasteiger charge is 2.30. The van der Waals surface area contributed by atoms with Gasteiger partial charge in [-0.05, 0) is 67.8 Å². The maximum atomic E-state index is 13.4. The second-order valence-electron chi connectivity index (χ2n) is 8.17. The van der Waals surface area contributed by atoms with E-state index in [4.69, 9.17) is 18.9 Å². The van der Waals surface area contributed by atoms with Gasteiger partial charge in [-0.3, -0.25) is 34.1 Å². The molecule has 0 fully saturated rings. The lowest BCUT2D eigenvalue weighted by Gasteiger charge is -2.21. The maximum Gasteiger partial charge on any atom is 0.411 e. The predicted molar refractivity (Wildman–Crippen MR) is 170 cm³/mol. The summed E-state index contributed by atoms with van der Waals surface area (Å²) in [7, 11) is 1.14. The summed E-state index contributed by atoms with van der Waals surface area (Å²) in [5.41, 5.74) is 0.101. The van der Waals surface area contributed by atoms with E-state index >= 15 is 0 Å². The average molecular weight is 931 g/mol. The second kappa shape index (κ2) is 18.2. The fraction of sp³-hybridized carbons (Fsp3) is 0.458. The number of hydrogen-bond acceptors (Lipinski definition) is 12. The molecule has 1 rings (SSSR count). The largest absolute Gasteiger partial charge is 0.462 e. The van der Waals surface area contributed by atoms with Crippen LogP contribution in [0.15, 0.2) is 0 Å². The molecule has 0 radical (unpaired) electrons. The van der Waals surface area contributed by atoms with Gasteiger partial charge in [0.25, 0.3) is 11.8 Å². The van der Waals surface area contributed by atoms with E-state index in [0.29, 0.717) is 0 Å². The Hall–Kier alpha value is -2.50. The van der Waals surface area contributed by atoms with E-state index in [-0.39, 0.29) is 53.8 Å². The average Bonchev–Trinajstić information content (AvgIpc) is 2.88. The summed E-state index contributed by atoms with van der Waals surface area (Å²) in [5, 5.41) is 7.68.